The second-order valence-electron chi connectivity index (χ2n) is 4.89. The van der Waals surface area contributed by atoms with Crippen LogP contribution in [0.4, 0.5) is 11.4 Å². The number of anilines is 1. The number of rotatable bonds is 1. The van der Waals surface area contributed by atoms with Crippen molar-refractivity contribution in [2.24, 2.45) is 0 Å². The van der Waals surface area contributed by atoms with E-state index in [-0.39, 0.29) is 18.9 Å². The van der Waals surface area contributed by atoms with Crippen LogP contribution in [0, 0.1) is 5.39 Å². The van der Waals surface area contributed by atoms with Gasteiger partial charge in [0.2, 0.25) is 5.39 Å². The van der Waals surface area contributed by atoms with Crippen molar-refractivity contribution in [2.75, 3.05) is 18.9 Å². The highest BCUT2D eigenvalue weighted by Crippen LogP contribution is 2.43. The summed E-state index contributed by atoms with van der Waals surface area (Å²) in [7, 11) is 0. The highest BCUT2D eigenvalue weighted by Gasteiger charge is 2.57. The first-order valence-corrected chi connectivity index (χ1v) is 5.95. The molecule has 19 heavy (non-hydrogen) atoms. The molecule has 0 bridgehead atoms. The summed E-state index contributed by atoms with van der Waals surface area (Å²) in [6.07, 6.45) is -1.94. The molecule has 2 aliphatic rings. The van der Waals surface area contributed by atoms with Gasteiger partial charge in [-0.05, 0) is 6.07 Å². The Morgan fingerprint density at radius 3 is 2.89 bits per heavy atom. The molecular weight excluding hydrogens is 250 g/mol. The van der Waals surface area contributed by atoms with Crippen LogP contribution in [0.3, 0.4) is 0 Å². The molecule has 2 saturated heterocycles. The summed E-state index contributed by atoms with van der Waals surface area (Å²) in [6, 6.07) is 4.55. The second-order valence-corrected chi connectivity index (χ2v) is 4.89. The Morgan fingerprint density at radius 1 is 1.42 bits per heavy atom. The molecule has 1 aromatic rings. The summed E-state index contributed by atoms with van der Waals surface area (Å²) in [5, 5.41) is 29.1. The molecule has 0 spiro atoms. The fraction of sp³-hybridized carbons (Fsp3) is 0.500. The number of nitrogens with zero attached hydrogens (tertiary/aromatic N) is 2. The lowest BCUT2D eigenvalue weighted by Crippen LogP contribution is -2.41. The van der Waals surface area contributed by atoms with Crippen LogP contribution in [0.15, 0.2) is 18.2 Å². The topological polar surface area (TPSA) is 113 Å². The van der Waals surface area contributed by atoms with Crippen LogP contribution in [-0.4, -0.2) is 41.7 Å². The van der Waals surface area contributed by atoms with E-state index in [4.69, 9.17) is 20.6 Å². The fourth-order valence-corrected chi connectivity index (χ4v) is 2.74. The Balaban J connectivity index is 2.00. The van der Waals surface area contributed by atoms with Gasteiger partial charge in [0.15, 0.2) is 4.98 Å². The molecule has 2 aliphatic heterocycles. The summed E-state index contributed by atoms with van der Waals surface area (Å²) in [6.45, 7) is 0.126. The predicted molar refractivity (Wildman–Crippen MR) is 65.0 cm³/mol. The quantitative estimate of drug-likeness (QED) is 0.489. The lowest BCUT2D eigenvalue weighted by atomic mass is 9.87. The van der Waals surface area contributed by atoms with Gasteiger partial charge in [-0.3, -0.25) is 0 Å². The van der Waals surface area contributed by atoms with Crippen molar-refractivity contribution in [1.82, 2.24) is 0 Å². The Kier molecular flexibility index (Phi) is 2.69. The van der Waals surface area contributed by atoms with Gasteiger partial charge in [0.05, 0.1) is 19.3 Å². The summed E-state index contributed by atoms with van der Waals surface area (Å²) < 4.78 is 10.8. The normalized spacial score (nSPS) is 37.0. The highest BCUT2D eigenvalue weighted by molar-refractivity contribution is 5.61. The van der Waals surface area contributed by atoms with Gasteiger partial charge in [0.25, 0.3) is 0 Å². The molecule has 0 aliphatic carbocycles. The van der Waals surface area contributed by atoms with Gasteiger partial charge in [-0.15, -0.1) is 0 Å². The molecule has 4 atom stereocenters. The van der Waals surface area contributed by atoms with Crippen LogP contribution >= 0.6 is 0 Å². The molecule has 100 valence electrons. The standard InChI is InChI=1S/C12H14N3O4/c13-8-3-6(15-14)1-2-7(8)12(17)5-19-10-9(16)4-18-11(10)12/h1-3,9-11,16-17H,4-5,13H2/q+1/t9-,10-,11+,12+/m1/s1. The molecule has 0 amide bonds. The molecule has 0 unspecified atom stereocenters. The number of aliphatic hydroxyl groups is 2. The number of ether oxygens (including phenoxy) is 2. The number of nitrogens with two attached hydrogens (primary N) is 1. The lowest BCUT2D eigenvalue weighted by molar-refractivity contribution is -0.0733. The zero-order valence-corrected chi connectivity index (χ0v) is 10.1. The molecule has 0 saturated carbocycles. The van der Waals surface area contributed by atoms with Gasteiger partial charge in [-0.25, -0.2) is 0 Å². The van der Waals surface area contributed by atoms with Crippen LogP contribution in [-0.2, 0) is 15.1 Å². The molecule has 0 radical (unpaired) electrons. The van der Waals surface area contributed by atoms with Gasteiger partial charge < -0.3 is 25.4 Å². The van der Waals surface area contributed by atoms with Crippen molar-refractivity contribution >= 4 is 11.4 Å². The fourth-order valence-electron chi connectivity index (χ4n) is 2.74. The summed E-state index contributed by atoms with van der Waals surface area (Å²) >= 11 is 0. The number of diazo groups is 1. The van der Waals surface area contributed by atoms with E-state index in [1.165, 1.54) is 12.1 Å². The highest BCUT2D eigenvalue weighted by atomic mass is 16.6. The number of nitrogen functional groups attached to an aromatic ring is 1. The van der Waals surface area contributed by atoms with Crippen molar-refractivity contribution in [3.63, 3.8) is 0 Å². The second kappa shape index (κ2) is 4.15. The molecule has 7 nitrogen and oxygen atoms in total. The van der Waals surface area contributed by atoms with Crippen LogP contribution < -0.4 is 5.73 Å². The smallest absolute Gasteiger partial charge is 0.387 e. The third-order valence-electron chi connectivity index (χ3n) is 3.71. The monoisotopic (exact) mass is 264 g/mol. The Morgan fingerprint density at radius 2 is 2.21 bits per heavy atom. The minimum Gasteiger partial charge on any atom is -0.398 e. The Labute approximate surface area is 109 Å². The summed E-state index contributed by atoms with van der Waals surface area (Å²) in [5.74, 6) is 0. The first kappa shape index (κ1) is 12.3. The predicted octanol–water partition coefficient (Wildman–Crippen LogP) is 0.0995. The molecule has 1 aromatic carbocycles. The summed E-state index contributed by atoms with van der Waals surface area (Å²) in [5.41, 5.74) is 5.50. The SMILES string of the molecule is N#[N+]c1ccc([C@@]2(O)CO[C@@H]3[C@H](O)CO[C@@H]32)c(N)c1. The number of hydrogen-bond donors (Lipinski definition) is 3. The van der Waals surface area contributed by atoms with E-state index in [1.807, 2.05) is 0 Å². The number of hydrogen-bond acceptors (Lipinski definition) is 6. The molecule has 3 rings (SSSR count). The zero-order chi connectivity index (χ0) is 13.6. The van der Waals surface area contributed by atoms with Crippen molar-refractivity contribution in [3.05, 3.63) is 28.7 Å². The maximum absolute atomic E-state index is 10.8. The van der Waals surface area contributed by atoms with Gasteiger partial charge in [-0.1, -0.05) is 0 Å². The number of aliphatic hydroxyl groups excluding tert-OH is 1. The van der Waals surface area contributed by atoms with Crippen LogP contribution in [0.25, 0.3) is 4.98 Å². The maximum Gasteiger partial charge on any atom is 0.387 e. The van der Waals surface area contributed by atoms with Gasteiger partial charge >= 0.3 is 5.69 Å². The van der Waals surface area contributed by atoms with E-state index in [0.717, 1.165) is 0 Å². The molecule has 7 heteroatoms. The van der Waals surface area contributed by atoms with Gasteiger partial charge in [0, 0.05) is 17.3 Å². The van der Waals surface area contributed by atoms with Crippen molar-refractivity contribution in [2.45, 2.75) is 23.9 Å². The summed E-state index contributed by atoms with van der Waals surface area (Å²) in [4.78, 5) is 3.04. The molecule has 2 fully saturated rings. The van der Waals surface area contributed by atoms with Crippen LogP contribution in [0.1, 0.15) is 5.56 Å². The Hall–Kier alpha value is -1.72. The van der Waals surface area contributed by atoms with Crippen LogP contribution in [0.2, 0.25) is 0 Å². The van der Waals surface area contributed by atoms with Crippen molar-refractivity contribution in [1.29, 1.82) is 5.39 Å². The lowest BCUT2D eigenvalue weighted by Gasteiger charge is -2.28. The van der Waals surface area contributed by atoms with E-state index in [9.17, 15) is 10.2 Å². The third-order valence-corrected chi connectivity index (χ3v) is 3.71. The van der Waals surface area contributed by atoms with Crippen LogP contribution in [0.5, 0.6) is 0 Å². The van der Waals surface area contributed by atoms with E-state index >= 15 is 0 Å². The van der Waals surface area contributed by atoms with E-state index in [2.05, 4.69) is 4.98 Å². The first-order chi connectivity index (χ1) is 9.06. The molecule has 2 heterocycles. The largest absolute Gasteiger partial charge is 0.398 e. The minimum absolute atomic E-state index is 0.000786. The van der Waals surface area contributed by atoms with Crippen molar-refractivity contribution < 1.29 is 19.7 Å². The van der Waals surface area contributed by atoms with E-state index < -0.39 is 23.9 Å². The average molecular weight is 264 g/mol. The van der Waals surface area contributed by atoms with E-state index in [0.29, 0.717) is 11.3 Å². The zero-order valence-electron chi connectivity index (χ0n) is 10.1. The minimum atomic E-state index is -1.40. The number of benzene rings is 1. The molecule has 0 aromatic heterocycles. The first-order valence-electron chi connectivity index (χ1n) is 5.95. The van der Waals surface area contributed by atoms with Gasteiger partial charge in [-0.2, -0.15) is 0 Å². The molecular formula is C12H14N3O4+. The van der Waals surface area contributed by atoms with Crippen molar-refractivity contribution in [3.8, 4) is 0 Å². The van der Waals surface area contributed by atoms with E-state index in [1.54, 1.807) is 6.07 Å². The van der Waals surface area contributed by atoms with Gasteiger partial charge in [0.1, 0.15) is 23.9 Å². The third kappa shape index (κ3) is 1.69. The Bertz CT molecular complexity index is 558. The average Bonchev–Trinajstić information content (AvgIpc) is 2.92. The number of fused-ring (bicyclic) bond motifs is 1. The maximum atomic E-state index is 10.8. The molecule has 4 N–H and O–H groups in total.